The summed E-state index contributed by atoms with van der Waals surface area (Å²) < 4.78 is 7.68. The van der Waals surface area contributed by atoms with E-state index in [9.17, 15) is 9.90 Å². The topological polar surface area (TPSA) is 63.5 Å². The maximum absolute atomic E-state index is 11.2. The molecule has 1 aromatic heterocycles. The summed E-state index contributed by atoms with van der Waals surface area (Å²) in [5.41, 5.74) is 3.40. The molecule has 0 saturated heterocycles. The molecule has 1 aliphatic rings. The first-order chi connectivity index (χ1) is 9.61. The number of hydrogen-bond donors (Lipinski definition) is 2. The van der Waals surface area contributed by atoms with Crippen molar-refractivity contribution in [2.75, 3.05) is 6.61 Å². The third-order valence-electron chi connectivity index (χ3n) is 3.94. The summed E-state index contributed by atoms with van der Waals surface area (Å²) >= 11 is 0. The maximum Gasteiger partial charge on any atom is 0.321 e. The minimum absolute atomic E-state index is 0.510. The highest BCUT2D eigenvalue weighted by molar-refractivity contribution is 5.88. The van der Waals surface area contributed by atoms with E-state index in [1.807, 2.05) is 32.2 Å². The van der Waals surface area contributed by atoms with E-state index >= 15 is 0 Å². The molecule has 0 spiro atoms. The molecule has 1 aliphatic heterocycles. The van der Waals surface area contributed by atoms with Gasteiger partial charge in [0.2, 0.25) is 0 Å². The second kappa shape index (κ2) is 4.83. The number of carbonyl (C=O) groups is 1. The molecule has 0 amide bonds. The van der Waals surface area contributed by atoms with E-state index in [2.05, 4.69) is 9.88 Å². The summed E-state index contributed by atoms with van der Waals surface area (Å²) in [7, 11) is 2.02. The molecule has 0 aliphatic carbocycles. The number of nitrogens with zero attached hydrogens (tertiary/aromatic N) is 1. The van der Waals surface area contributed by atoms with E-state index in [-0.39, 0.29) is 0 Å². The summed E-state index contributed by atoms with van der Waals surface area (Å²) in [6.07, 6.45) is 0.511. The van der Waals surface area contributed by atoms with Crippen LogP contribution in [0, 0.1) is 0 Å². The first-order valence-electron chi connectivity index (χ1n) is 6.81. The lowest BCUT2D eigenvalue weighted by Gasteiger charge is -2.21. The molecule has 3 rings (SSSR count). The molecule has 2 aromatic rings. The van der Waals surface area contributed by atoms with Crippen LogP contribution in [-0.2, 0) is 24.8 Å². The molecule has 0 saturated carbocycles. The SMILES string of the molecule is CCOc1ccc2c(c1)c1c(n2C)CNC(C(=O)O)C1. The Bertz CT molecular complexity index is 675. The first kappa shape index (κ1) is 13.0. The Kier molecular flexibility index (Phi) is 3.14. The van der Waals surface area contributed by atoms with Gasteiger partial charge in [0.05, 0.1) is 6.61 Å². The Morgan fingerprint density at radius 3 is 3.05 bits per heavy atom. The average molecular weight is 274 g/mol. The van der Waals surface area contributed by atoms with Crippen molar-refractivity contribution < 1.29 is 14.6 Å². The smallest absolute Gasteiger partial charge is 0.321 e. The van der Waals surface area contributed by atoms with Crippen LogP contribution in [-0.4, -0.2) is 28.3 Å². The fourth-order valence-electron chi connectivity index (χ4n) is 2.93. The number of aryl methyl sites for hydroxylation is 1. The predicted molar refractivity (Wildman–Crippen MR) is 76.1 cm³/mol. The van der Waals surface area contributed by atoms with E-state index < -0.39 is 12.0 Å². The molecule has 1 atom stereocenters. The van der Waals surface area contributed by atoms with Gasteiger partial charge in [0.25, 0.3) is 0 Å². The molecule has 1 aromatic carbocycles. The van der Waals surface area contributed by atoms with Crippen molar-refractivity contribution in [3.8, 4) is 5.75 Å². The fraction of sp³-hybridized carbons (Fsp3) is 0.400. The van der Waals surface area contributed by atoms with Crippen molar-refractivity contribution in [2.24, 2.45) is 7.05 Å². The van der Waals surface area contributed by atoms with Crippen LogP contribution < -0.4 is 10.1 Å². The molecule has 106 valence electrons. The quantitative estimate of drug-likeness (QED) is 0.893. The number of aromatic nitrogens is 1. The van der Waals surface area contributed by atoms with Crippen LogP contribution in [0.2, 0.25) is 0 Å². The highest BCUT2D eigenvalue weighted by Gasteiger charge is 2.27. The number of aliphatic carboxylic acids is 1. The zero-order valence-electron chi connectivity index (χ0n) is 11.6. The lowest BCUT2D eigenvalue weighted by atomic mass is 9.98. The number of rotatable bonds is 3. The normalized spacial score (nSPS) is 18.0. The average Bonchev–Trinajstić information content (AvgIpc) is 2.72. The minimum Gasteiger partial charge on any atom is -0.494 e. The van der Waals surface area contributed by atoms with Gasteiger partial charge in [-0.1, -0.05) is 0 Å². The summed E-state index contributed by atoms with van der Waals surface area (Å²) in [6.45, 7) is 3.16. The molecular weight excluding hydrogens is 256 g/mol. The molecule has 0 bridgehead atoms. The summed E-state index contributed by atoms with van der Waals surface area (Å²) in [4.78, 5) is 11.2. The molecular formula is C15H18N2O3. The van der Waals surface area contributed by atoms with Gasteiger partial charge in [-0.05, 0) is 30.7 Å². The van der Waals surface area contributed by atoms with E-state index in [0.29, 0.717) is 19.6 Å². The van der Waals surface area contributed by atoms with E-state index in [4.69, 9.17) is 4.74 Å². The Morgan fingerprint density at radius 2 is 2.35 bits per heavy atom. The fourth-order valence-corrected chi connectivity index (χ4v) is 2.93. The summed E-state index contributed by atoms with van der Waals surface area (Å²) in [6, 6.07) is 5.50. The largest absolute Gasteiger partial charge is 0.494 e. The predicted octanol–water partition coefficient (Wildman–Crippen LogP) is 1.68. The molecule has 5 heteroatoms. The van der Waals surface area contributed by atoms with Gasteiger partial charge in [0.1, 0.15) is 11.8 Å². The van der Waals surface area contributed by atoms with Gasteiger partial charge in [-0.3, -0.25) is 10.1 Å². The zero-order valence-corrected chi connectivity index (χ0v) is 11.6. The number of fused-ring (bicyclic) bond motifs is 3. The van der Waals surface area contributed by atoms with Gasteiger partial charge in [0, 0.05) is 36.6 Å². The Hall–Kier alpha value is -2.01. The number of benzene rings is 1. The number of carboxylic acids is 1. The van der Waals surface area contributed by atoms with Crippen LogP contribution in [0.5, 0.6) is 5.75 Å². The molecule has 2 heterocycles. The van der Waals surface area contributed by atoms with Gasteiger partial charge >= 0.3 is 5.97 Å². The Balaban J connectivity index is 2.12. The van der Waals surface area contributed by atoms with Crippen molar-refractivity contribution in [2.45, 2.75) is 25.9 Å². The van der Waals surface area contributed by atoms with Gasteiger partial charge in [-0.2, -0.15) is 0 Å². The van der Waals surface area contributed by atoms with E-state index in [1.54, 1.807) is 0 Å². The van der Waals surface area contributed by atoms with Crippen molar-refractivity contribution in [1.82, 2.24) is 9.88 Å². The molecule has 5 nitrogen and oxygen atoms in total. The number of carboxylic acid groups (broad SMARTS) is 1. The van der Waals surface area contributed by atoms with Crippen LogP contribution in [0.25, 0.3) is 10.9 Å². The van der Waals surface area contributed by atoms with Crippen molar-refractivity contribution >= 4 is 16.9 Å². The van der Waals surface area contributed by atoms with Gasteiger partial charge < -0.3 is 14.4 Å². The van der Waals surface area contributed by atoms with Crippen molar-refractivity contribution in [3.05, 3.63) is 29.5 Å². The third-order valence-corrected chi connectivity index (χ3v) is 3.94. The Morgan fingerprint density at radius 1 is 1.55 bits per heavy atom. The summed E-state index contributed by atoms with van der Waals surface area (Å²) in [5, 5.41) is 13.4. The highest BCUT2D eigenvalue weighted by atomic mass is 16.5. The molecule has 1 unspecified atom stereocenters. The summed E-state index contributed by atoms with van der Waals surface area (Å²) in [5.74, 6) is 0.0347. The highest BCUT2D eigenvalue weighted by Crippen LogP contribution is 2.31. The lowest BCUT2D eigenvalue weighted by molar-refractivity contribution is -0.139. The molecule has 0 radical (unpaired) electrons. The van der Waals surface area contributed by atoms with Gasteiger partial charge in [-0.15, -0.1) is 0 Å². The lowest BCUT2D eigenvalue weighted by Crippen LogP contribution is -2.41. The van der Waals surface area contributed by atoms with Crippen molar-refractivity contribution in [1.29, 1.82) is 0 Å². The third kappa shape index (κ3) is 1.94. The molecule has 2 N–H and O–H groups in total. The van der Waals surface area contributed by atoms with Crippen LogP contribution in [0.15, 0.2) is 18.2 Å². The van der Waals surface area contributed by atoms with Crippen LogP contribution >= 0.6 is 0 Å². The van der Waals surface area contributed by atoms with Crippen LogP contribution in [0.3, 0.4) is 0 Å². The minimum atomic E-state index is -0.798. The second-order valence-corrected chi connectivity index (χ2v) is 5.07. The standard InChI is InChI=1S/C15H18N2O3/c1-3-20-9-4-5-13-10(6-9)11-7-12(15(18)19)16-8-14(11)17(13)2/h4-6,12,16H,3,7-8H2,1-2H3,(H,18,19). The molecule has 0 fully saturated rings. The monoisotopic (exact) mass is 274 g/mol. The molecule has 20 heavy (non-hydrogen) atoms. The van der Waals surface area contributed by atoms with Gasteiger partial charge in [-0.25, -0.2) is 0 Å². The van der Waals surface area contributed by atoms with E-state index in [0.717, 1.165) is 27.9 Å². The maximum atomic E-state index is 11.2. The number of hydrogen-bond acceptors (Lipinski definition) is 3. The van der Waals surface area contributed by atoms with Crippen molar-refractivity contribution in [3.63, 3.8) is 0 Å². The number of ether oxygens (including phenoxy) is 1. The van der Waals surface area contributed by atoms with E-state index in [1.165, 1.54) is 0 Å². The first-order valence-corrected chi connectivity index (χ1v) is 6.81. The number of nitrogens with one attached hydrogen (secondary N) is 1. The van der Waals surface area contributed by atoms with Crippen LogP contribution in [0.1, 0.15) is 18.2 Å². The van der Waals surface area contributed by atoms with Crippen LogP contribution in [0.4, 0.5) is 0 Å². The zero-order chi connectivity index (χ0) is 14.3. The Labute approximate surface area is 117 Å². The van der Waals surface area contributed by atoms with Gasteiger partial charge in [0.15, 0.2) is 0 Å². The second-order valence-electron chi connectivity index (χ2n) is 5.07.